The molecule has 0 aliphatic carbocycles. The molecular formula is C10H15ClO4. The van der Waals surface area contributed by atoms with E-state index in [2.05, 4.69) is 4.74 Å². The number of alkyl halides is 1. The zero-order valence-corrected chi connectivity index (χ0v) is 9.46. The maximum atomic E-state index is 11.0. The van der Waals surface area contributed by atoms with Crippen LogP contribution in [0.15, 0.2) is 12.2 Å². The van der Waals surface area contributed by atoms with Crippen LogP contribution in [0.5, 0.6) is 0 Å². The van der Waals surface area contributed by atoms with Gasteiger partial charge in [-0.1, -0.05) is 13.3 Å². The Morgan fingerprint density at radius 1 is 1.13 bits per heavy atom. The molecule has 0 rings (SSSR count). The first-order valence-electron chi connectivity index (χ1n) is 4.78. The van der Waals surface area contributed by atoms with Crippen LogP contribution < -0.4 is 0 Å². The van der Waals surface area contributed by atoms with E-state index in [1.165, 1.54) is 0 Å². The number of hydrogen-bond acceptors (Lipinski definition) is 4. The van der Waals surface area contributed by atoms with Gasteiger partial charge in [0.2, 0.25) is 0 Å². The first-order chi connectivity index (χ1) is 7.20. The lowest BCUT2D eigenvalue weighted by Gasteiger charge is -1.99. The Kier molecular flexibility index (Phi) is 8.87. The third-order valence-corrected chi connectivity index (χ3v) is 1.57. The molecule has 0 spiro atoms. The fraction of sp³-hybridized carbons (Fsp3) is 0.600. The lowest BCUT2D eigenvalue weighted by Crippen LogP contribution is -2.06. The van der Waals surface area contributed by atoms with Crippen LogP contribution in [-0.2, 0) is 19.1 Å². The molecule has 0 radical (unpaired) electrons. The van der Waals surface area contributed by atoms with Crippen LogP contribution in [0.25, 0.3) is 0 Å². The van der Waals surface area contributed by atoms with Gasteiger partial charge in [-0.25, -0.2) is 9.59 Å². The van der Waals surface area contributed by atoms with Gasteiger partial charge in [-0.15, -0.1) is 11.6 Å². The summed E-state index contributed by atoms with van der Waals surface area (Å²) in [6.45, 7) is 2.50. The quantitative estimate of drug-likeness (QED) is 0.291. The molecule has 0 N–H and O–H groups in total. The standard InChI is InChI=1S/C10H15ClO4/c1-2-3-7-14-9(12)4-5-10(13)15-8-6-11/h4-5H,2-3,6-8H2,1H3/b5-4+. The molecule has 0 aromatic heterocycles. The summed E-state index contributed by atoms with van der Waals surface area (Å²) in [5.41, 5.74) is 0. The monoisotopic (exact) mass is 234 g/mol. The van der Waals surface area contributed by atoms with Gasteiger partial charge in [-0.05, 0) is 6.42 Å². The van der Waals surface area contributed by atoms with Crippen LogP contribution >= 0.6 is 11.6 Å². The molecule has 0 saturated heterocycles. The highest BCUT2D eigenvalue weighted by Gasteiger charge is 1.99. The first kappa shape index (κ1) is 14.0. The van der Waals surface area contributed by atoms with E-state index in [-0.39, 0.29) is 12.5 Å². The van der Waals surface area contributed by atoms with E-state index < -0.39 is 11.9 Å². The smallest absolute Gasteiger partial charge is 0.331 e. The van der Waals surface area contributed by atoms with Gasteiger partial charge in [0.1, 0.15) is 6.61 Å². The fourth-order valence-electron chi connectivity index (χ4n) is 0.689. The van der Waals surface area contributed by atoms with Gasteiger partial charge in [0, 0.05) is 12.2 Å². The highest BCUT2D eigenvalue weighted by Crippen LogP contribution is 1.90. The van der Waals surface area contributed by atoms with Crippen molar-refractivity contribution in [3.63, 3.8) is 0 Å². The lowest BCUT2D eigenvalue weighted by molar-refractivity contribution is -0.140. The third-order valence-electron chi connectivity index (χ3n) is 1.42. The number of halogens is 1. The number of ether oxygens (including phenoxy) is 2. The summed E-state index contributed by atoms with van der Waals surface area (Å²) in [6.07, 6.45) is 3.85. The molecule has 0 aliphatic heterocycles. The number of unbranched alkanes of at least 4 members (excludes halogenated alkanes) is 1. The van der Waals surface area contributed by atoms with Gasteiger partial charge >= 0.3 is 11.9 Å². The Labute approximate surface area is 94.2 Å². The number of hydrogen-bond donors (Lipinski definition) is 0. The van der Waals surface area contributed by atoms with Crippen molar-refractivity contribution in [1.29, 1.82) is 0 Å². The maximum absolute atomic E-state index is 11.0. The average Bonchev–Trinajstić information content (AvgIpc) is 2.24. The van der Waals surface area contributed by atoms with Crippen molar-refractivity contribution in [3.8, 4) is 0 Å². The molecule has 4 nitrogen and oxygen atoms in total. The van der Waals surface area contributed by atoms with Crippen LogP contribution in [0.3, 0.4) is 0 Å². The molecule has 0 heterocycles. The summed E-state index contributed by atoms with van der Waals surface area (Å²) in [6, 6.07) is 0. The molecule has 0 bridgehead atoms. The zero-order valence-electron chi connectivity index (χ0n) is 8.70. The molecule has 0 saturated carbocycles. The van der Waals surface area contributed by atoms with Crippen molar-refractivity contribution in [2.75, 3.05) is 19.1 Å². The minimum absolute atomic E-state index is 0.135. The van der Waals surface area contributed by atoms with E-state index >= 15 is 0 Å². The molecule has 0 aliphatic rings. The second-order valence-corrected chi connectivity index (χ2v) is 3.09. The van der Waals surface area contributed by atoms with Crippen LogP contribution in [0.4, 0.5) is 0 Å². The van der Waals surface area contributed by atoms with Crippen molar-refractivity contribution in [2.45, 2.75) is 19.8 Å². The molecule has 86 valence electrons. The summed E-state index contributed by atoms with van der Waals surface area (Å²) in [5.74, 6) is -0.894. The van der Waals surface area contributed by atoms with Crippen LogP contribution in [0.2, 0.25) is 0 Å². The van der Waals surface area contributed by atoms with E-state index in [9.17, 15) is 9.59 Å². The molecule has 0 aromatic rings. The fourth-order valence-corrected chi connectivity index (χ4v) is 0.766. The van der Waals surface area contributed by atoms with Crippen molar-refractivity contribution < 1.29 is 19.1 Å². The van der Waals surface area contributed by atoms with Gasteiger partial charge in [0.15, 0.2) is 0 Å². The summed E-state index contributed by atoms with van der Waals surface area (Å²) >= 11 is 5.30. The topological polar surface area (TPSA) is 52.6 Å². The van der Waals surface area contributed by atoms with Crippen LogP contribution in [0.1, 0.15) is 19.8 Å². The Morgan fingerprint density at radius 2 is 1.67 bits per heavy atom. The number of esters is 2. The molecular weight excluding hydrogens is 220 g/mol. The van der Waals surface area contributed by atoms with Crippen molar-refractivity contribution in [2.24, 2.45) is 0 Å². The van der Waals surface area contributed by atoms with Crippen LogP contribution in [0, 0.1) is 0 Å². The SMILES string of the molecule is CCCCOC(=O)/C=C/C(=O)OCCCl. The third kappa shape index (κ3) is 9.28. The molecule has 0 amide bonds. The predicted molar refractivity (Wildman–Crippen MR) is 56.7 cm³/mol. The largest absolute Gasteiger partial charge is 0.463 e. The van der Waals surface area contributed by atoms with E-state index in [1.54, 1.807) is 0 Å². The Balaban J connectivity index is 3.65. The summed E-state index contributed by atoms with van der Waals surface area (Å²) in [4.78, 5) is 21.8. The van der Waals surface area contributed by atoms with E-state index in [1.807, 2.05) is 6.92 Å². The predicted octanol–water partition coefficient (Wildman–Crippen LogP) is 1.67. The van der Waals surface area contributed by atoms with Crippen molar-refractivity contribution in [3.05, 3.63) is 12.2 Å². The van der Waals surface area contributed by atoms with E-state index in [4.69, 9.17) is 16.3 Å². The van der Waals surface area contributed by atoms with Crippen LogP contribution in [-0.4, -0.2) is 31.0 Å². The second-order valence-electron chi connectivity index (χ2n) is 2.71. The number of rotatable bonds is 7. The minimum Gasteiger partial charge on any atom is -0.463 e. The first-order valence-corrected chi connectivity index (χ1v) is 5.31. The van der Waals surface area contributed by atoms with Gasteiger partial charge in [-0.3, -0.25) is 0 Å². The molecule has 0 atom stereocenters. The van der Waals surface area contributed by atoms with Gasteiger partial charge in [0.05, 0.1) is 12.5 Å². The highest BCUT2D eigenvalue weighted by atomic mass is 35.5. The van der Waals surface area contributed by atoms with Gasteiger partial charge < -0.3 is 9.47 Å². The van der Waals surface area contributed by atoms with Gasteiger partial charge in [-0.2, -0.15) is 0 Å². The molecule has 0 aromatic carbocycles. The Morgan fingerprint density at radius 3 is 2.13 bits per heavy atom. The minimum atomic E-state index is -0.594. The van der Waals surface area contributed by atoms with E-state index in [0.717, 1.165) is 25.0 Å². The number of carbonyl (C=O) groups is 2. The molecule has 0 fully saturated rings. The van der Waals surface area contributed by atoms with Crippen molar-refractivity contribution >= 4 is 23.5 Å². The Bertz CT molecular complexity index is 225. The zero-order chi connectivity index (χ0) is 11.5. The summed E-state index contributed by atoms with van der Waals surface area (Å²) in [5, 5.41) is 0. The summed E-state index contributed by atoms with van der Waals surface area (Å²) in [7, 11) is 0. The summed E-state index contributed by atoms with van der Waals surface area (Å²) < 4.78 is 9.38. The maximum Gasteiger partial charge on any atom is 0.331 e. The lowest BCUT2D eigenvalue weighted by atomic mass is 10.4. The van der Waals surface area contributed by atoms with Gasteiger partial charge in [0.25, 0.3) is 0 Å². The van der Waals surface area contributed by atoms with E-state index in [0.29, 0.717) is 6.61 Å². The highest BCUT2D eigenvalue weighted by molar-refractivity contribution is 6.18. The number of carbonyl (C=O) groups excluding carboxylic acids is 2. The average molecular weight is 235 g/mol. The molecule has 5 heteroatoms. The second kappa shape index (κ2) is 9.52. The van der Waals surface area contributed by atoms with Crippen molar-refractivity contribution in [1.82, 2.24) is 0 Å². The molecule has 15 heavy (non-hydrogen) atoms. The normalized spacial score (nSPS) is 10.3. The Hall–Kier alpha value is -1.03. The molecule has 0 unspecified atom stereocenters.